The second-order valence-electron chi connectivity index (χ2n) is 9.82. The van der Waals surface area contributed by atoms with Crippen molar-refractivity contribution in [2.24, 2.45) is 7.05 Å². The minimum atomic E-state index is -4.68. The number of hydrogen-bond acceptors (Lipinski definition) is 5. The first-order chi connectivity index (χ1) is 19.5. The van der Waals surface area contributed by atoms with Gasteiger partial charge in [-0.3, -0.25) is 9.78 Å². The van der Waals surface area contributed by atoms with Crippen LogP contribution >= 0.6 is 0 Å². The number of alkyl halides is 5. The molecule has 13 heteroatoms. The summed E-state index contributed by atoms with van der Waals surface area (Å²) in [6.45, 7) is 1.30. The van der Waals surface area contributed by atoms with Crippen molar-refractivity contribution in [1.82, 2.24) is 29.8 Å². The molecular weight excluding hydrogens is 550 g/mol. The van der Waals surface area contributed by atoms with Crippen LogP contribution in [0.5, 0.6) is 0 Å². The van der Waals surface area contributed by atoms with Crippen LogP contribution in [0.2, 0.25) is 0 Å². The van der Waals surface area contributed by atoms with Gasteiger partial charge in [-0.05, 0) is 61.6 Å². The van der Waals surface area contributed by atoms with Crippen LogP contribution in [0, 0.1) is 12.7 Å². The molecule has 0 amide bonds. The van der Waals surface area contributed by atoms with Gasteiger partial charge in [0.15, 0.2) is 0 Å². The van der Waals surface area contributed by atoms with Crippen molar-refractivity contribution in [3.05, 3.63) is 92.9 Å². The number of halogens is 6. The maximum absolute atomic E-state index is 13.6. The van der Waals surface area contributed by atoms with E-state index in [1.165, 1.54) is 31.4 Å². The minimum absolute atomic E-state index is 0.0388. The highest BCUT2D eigenvalue weighted by Crippen LogP contribution is 2.34. The molecule has 0 N–H and O–H groups in total. The van der Waals surface area contributed by atoms with E-state index in [0.29, 0.717) is 5.56 Å². The number of hydrogen-bond donors (Lipinski definition) is 0. The van der Waals surface area contributed by atoms with E-state index in [0.717, 1.165) is 59.2 Å². The predicted octanol–water partition coefficient (Wildman–Crippen LogP) is 6.62. The van der Waals surface area contributed by atoms with Gasteiger partial charge < -0.3 is 0 Å². The fraction of sp³-hybridized carbons (Fsp3) is 0.393. The van der Waals surface area contributed by atoms with Crippen molar-refractivity contribution >= 4 is 0 Å². The van der Waals surface area contributed by atoms with Gasteiger partial charge in [0, 0.05) is 18.8 Å². The maximum Gasteiger partial charge on any atom is 0.418 e. The van der Waals surface area contributed by atoms with E-state index < -0.39 is 36.0 Å². The lowest BCUT2D eigenvalue weighted by Gasteiger charge is -2.22. The number of pyridine rings is 1. The zero-order valence-electron chi connectivity index (χ0n) is 22.4. The van der Waals surface area contributed by atoms with E-state index >= 15 is 0 Å². The summed E-state index contributed by atoms with van der Waals surface area (Å²) in [5, 5.41) is 11.5. The lowest BCUT2D eigenvalue weighted by atomic mass is 9.84. The van der Waals surface area contributed by atoms with E-state index in [9.17, 15) is 31.1 Å². The largest absolute Gasteiger partial charge is 0.418 e. The number of rotatable bonds is 5. The number of aryl methyl sites for hydroxylation is 2. The van der Waals surface area contributed by atoms with Crippen LogP contribution in [-0.2, 0) is 19.8 Å². The molecule has 7 nitrogen and oxygen atoms in total. The van der Waals surface area contributed by atoms with Gasteiger partial charge >= 0.3 is 6.18 Å². The van der Waals surface area contributed by atoms with Gasteiger partial charge in [0.2, 0.25) is 0 Å². The van der Waals surface area contributed by atoms with Crippen LogP contribution in [-0.4, -0.2) is 29.8 Å². The lowest BCUT2D eigenvalue weighted by Crippen LogP contribution is -2.30. The normalized spacial score (nSPS) is 14.2. The first kappa shape index (κ1) is 29.9. The Kier molecular flexibility index (Phi) is 9.24. The highest BCUT2D eigenvalue weighted by molar-refractivity contribution is 5.57. The van der Waals surface area contributed by atoms with E-state index in [1.54, 1.807) is 6.07 Å². The molecule has 0 bridgehead atoms. The van der Waals surface area contributed by atoms with Crippen molar-refractivity contribution in [2.75, 3.05) is 0 Å². The van der Waals surface area contributed by atoms with Gasteiger partial charge in [-0.2, -0.15) is 18.3 Å². The average molecular weight is 579 g/mol. The molecule has 1 aliphatic rings. The molecule has 3 aromatic heterocycles. The van der Waals surface area contributed by atoms with Crippen LogP contribution < -0.4 is 5.56 Å². The number of aromatic nitrogens is 6. The highest BCUT2D eigenvalue weighted by Gasteiger charge is 2.34. The van der Waals surface area contributed by atoms with E-state index in [2.05, 4.69) is 20.4 Å². The molecule has 3 heterocycles. The molecule has 41 heavy (non-hydrogen) atoms. The predicted molar refractivity (Wildman–Crippen MR) is 139 cm³/mol. The fourth-order valence-corrected chi connectivity index (χ4v) is 4.85. The summed E-state index contributed by atoms with van der Waals surface area (Å²) in [5.41, 5.74) is -1.39. The molecule has 1 aliphatic carbocycles. The van der Waals surface area contributed by atoms with Gasteiger partial charge in [0.25, 0.3) is 12.0 Å². The molecular formula is C28H28F6N6O. The zero-order valence-corrected chi connectivity index (χ0v) is 22.4. The van der Waals surface area contributed by atoms with Gasteiger partial charge in [-0.15, -0.1) is 5.10 Å². The Balaban J connectivity index is 0.000000417. The summed E-state index contributed by atoms with van der Waals surface area (Å²) in [5.74, 6) is -0.304. The summed E-state index contributed by atoms with van der Waals surface area (Å²) in [6.07, 6.45) is -2.14. The van der Waals surface area contributed by atoms with E-state index in [1.807, 2.05) is 13.0 Å². The first-order valence-corrected chi connectivity index (χ1v) is 13.0. The molecule has 0 saturated heterocycles. The van der Waals surface area contributed by atoms with Crippen LogP contribution in [0.25, 0.3) is 11.4 Å². The first-order valence-electron chi connectivity index (χ1n) is 13.0. The lowest BCUT2D eigenvalue weighted by molar-refractivity contribution is -0.138. The Morgan fingerprint density at radius 3 is 2.39 bits per heavy atom. The zero-order chi connectivity index (χ0) is 29.7. The average Bonchev–Trinajstić information content (AvgIpc) is 3.32. The molecule has 5 rings (SSSR count). The number of benzene rings is 1. The SMILES string of the molecule is Cc1cccc(F)c1.Cn1nnc(-c2cc(C3CCCCC3)c(=O)n(Cc3ncccc3C(F)(F)F)n2)c1C(F)F. The standard InChI is InChI=1S/C21H21F5N6O.C7H7F/c1-31-18(19(22)23)17(28-30-31)15-10-13(12-6-3-2-4-7-12)20(33)32(29-15)11-16-14(21(24,25)26)8-5-9-27-16;1-6-3-2-4-7(8)5-6/h5,8-10,12,19H,2-4,6-7,11H2,1H3;2-5H,1H3. The van der Waals surface area contributed by atoms with E-state index in [4.69, 9.17) is 0 Å². The summed E-state index contributed by atoms with van der Waals surface area (Å²) < 4.78 is 81.6. The molecule has 1 saturated carbocycles. The summed E-state index contributed by atoms with van der Waals surface area (Å²) in [6, 6.07) is 9.95. The van der Waals surface area contributed by atoms with Gasteiger partial charge in [0.05, 0.1) is 17.8 Å². The van der Waals surface area contributed by atoms with Gasteiger partial charge in [0.1, 0.15) is 22.9 Å². The van der Waals surface area contributed by atoms with Gasteiger partial charge in [-0.1, -0.05) is 36.6 Å². The molecule has 0 atom stereocenters. The van der Waals surface area contributed by atoms with Crippen LogP contribution in [0.1, 0.15) is 72.5 Å². The molecule has 0 unspecified atom stereocenters. The molecule has 0 aliphatic heterocycles. The summed E-state index contributed by atoms with van der Waals surface area (Å²) in [4.78, 5) is 17.0. The van der Waals surface area contributed by atoms with Crippen LogP contribution in [0.15, 0.2) is 53.5 Å². The third-order valence-electron chi connectivity index (χ3n) is 6.84. The molecule has 0 radical (unpaired) electrons. The van der Waals surface area contributed by atoms with Crippen molar-refractivity contribution in [1.29, 1.82) is 0 Å². The Labute approximate surface area is 231 Å². The second kappa shape index (κ2) is 12.6. The second-order valence-corrected chi connectivity index (χ2v) is 9.82. The Bertz CT molecular complexity index is 1520. The van der Waals surface area contributed by atoms with Crippen molar-refractivity contribution in [3.63, 3.8) is 0 Å². The third-order valence-corrected chi connectivity index (χ3v) is 6.84. The smallest absolute Gasteiger partial charge is 0.267 e. The Morgan fingerprint density at radius 1 is 1.05 bits per heavy atom. The number of nitrogens with zero attached hydrogens (tertiary/aromatic N) is 6. The Hall–Kier alpha value is -4.03. The highest BCUT2D eigenvalue weighted by atomic mass is 19.4. The van der Waals surface area contributed by atoms with Crippen molar-refractivity contribution < 1.29 is 26.3 Å². The molecule has 1 aromatic carbocycles. The molecule has 1 fully saturated rings. The third kappa shape index (κ3) is 7.19. The quantitative estimate of drug-likeness (QED) is 0.249. The van der Waals surface area contributed by atoms with E-state index in [-0.39, 0.29) is 28.8 Å². The molecule has 218 valence electrons. The van der Waals surface area contributed by atoms with Crippen molar-refractivity contribution in [3.8, 4) is 11.4 Å². The summed E-state index contributed by atoms with van der Waals surface area (Å²) >= 11 is 0. The fourth-order valence-electron chi connectivity index (χ4n) is 4.85. The molecule has 4 aromatic rings. The topological polar surface area (TPSA) is 78.5 Å². The summed E-state index contributed by atoms with van der Waals surface area (Å²) in [7, 11) is 1.31. The molecule has 0 spiro atoms. The van der Waals surface area contributed by atoms with Crippen LogP contribution in [0.4, 0.5) is 26.3 Å². The maximum atomic E-state index is 13.6. The Morgan fingerprint density at radius 2 is 1.78 bits per heavy atom. The minimum Gasteiger partial charge on any atom is -0.267 e. The monoisotopic (exact) mass is 578 g/mol. The van der Waals surface area contributed by atoms with Crippen LogP contribution in [0.3, 0.4) is 0 Å². The van der Waals surface area contributed by atoms with Crippen molar-refractivity contribution in [2.45, 2.75) is 64.1 Å². The van der Waals surface area contributed by atoms with Gasteiger partial charge in [-0.25, -0.2) is 22.5 Å².